The molecule has 2 rings (SSSR count). The number of Topliss-reactive ketones (excluding diaryl/α,β-unsaturated/α-hetero) is 1. The fourth-order valence-electron chi connectivity index (χ4n) is 2.84. The van der Waals surface area contributed by atoms with Gasteiger partial charge in [0.05, 0.1) is 0 Å². The van der Waals surface area contributed by atoms with E-state index in [-0.39, 0.29) is 11.6 Å². The second kappa shape index (κ2) is 6.67. The summed E-state index contributed by atoms with van der Waals surface area (Å²) in [5.41, 5.74) is 0.800. The molecule has 1 fully saturated rings. The summed E-state index contributed by atoms with van der Waals surface area (Å²) in [6.45, 7) is 0. The molecular weight excluding hydrogens is 227 g/mol. The zero-order valence-electron chi connectivity index (χ0n) is 10.8. The number of hydrogen-bond donors (Lipinski definition) is 0. The summed E-state index contributed by atoms with van der Waals surface area (Å²) in [4.78, 5) is 12.0. The van der Waals surface area contributed by atoms with Crippen LogP contribution < -0.4 is 0 Å². The van der Waals surface area contributed by atoms with Crippen LogP contribution in [0.4, 0.5) is 4.39 Å². The summed E-state index contributed by atoms with van der Waals surface area (Å²) in [5.74, 6) is 0.566. The molecule has 0 heterocycles. The normalized spacial score (nSPS) is 17.4. The van der Waals surface area contributed by atoms with E-state index in [1.54, 1.807) is 6.07 Å². The Bertz CT molecular complexity index is 392. The molecule has 0 spiro atoms. The van der Waals surface area contributed by atoms with Crippen molar-refractivity contribution < 1.29 is 9.18 Å². The highest BCUT2D eigenvalue weighted by molar-refractivity contribution is 5.81. The molecule has 0 atom stereocenters. The third kappa shape index (κ3) is 4.25. The molecule has 1 aliphatic rings. The molecule has 0 N–H and O–H groups in total. The van der Waals surface area contributed by atoms with Gasteiger partial charge in [-0.05, 0) is 23.6 Å². The van der Waals surface area contributed by atoms with Gasteiger partial charge in [-0.2, -0.15) is 0 Å². The van der Waals surface area contributed by atoms with Crippen LogP contribution in [0.5, 0.6) is 0 Å². The van der Waals surface area contributed by atoms with Gasteiger partial charge >= 0.3 is 0 Å². The van der Waals surface area contributed by atoms with Crippen molar-refractivity contribution in [1.82, 2.24) is 0 Å². The maximum atomic E-state index is 13.0. The lowest BCUT2D eigenvalue weighted by Gasteiger charge is -2.12. The highest BCUT2D eigenvalue weighted by Crippen LogP contribution is 2.26. The molecule has 0 unspecified atom stereocenters. The van der Waals surface area contributed by atoms with Gasteiger partial charge in [-0.15, -0.1) is 0 Å². The van der Waals surface area contributed by atoms with Crippen molar-refractivity contribution in [2.24, 2.45) is 5.92 Å². The van der Waals surface area contributed by atoms with Gasteiger partial charge < -0.3 is 0 Å². The Morgan fingerprint density at radius 3 is 2.56 bits per heavy atom. The minimum atomic E-state index is -0.255. The highest BCUT2D eigenvalue weighted by Gasteiger charge is 2.16. The molecule has 18 heavy (non-hydrogen) atoms. The summed E-state index contributed by atoms with van der Waals surface area (Å²) >= 11 is 0. The van der Waals surface area contributed by atoms with Crippen molar-refractivity contribution in [3.63, 3.8) is 0 Å². The van der Waals surface area contributed by atoms with Crippen LogP contribution in [0.15, 0.2) is 24.3 Å². The SMILES string of the molecule is O=C(Cc1cccc(F)c1)CC1CCCCCC1. The Morgan fingerprint density at radius 1 is 1.17 bits per heavy atom. The van der Waals surface area contributed by atoms with Crippen LogP contribution in [-0.2, 0) is 11.2 Å². The molecule has 0 amide bonds. The number of benzene rings is 1. The van der Waals surface area contributed by atoms with E-state index >= 15 is 0 Å². The largest absolute Gasteiger partial charge is 0.299 e. The number of carbonyl (C=O) groups is 1. The van der Waals surface area contributed by atoms with Crippen molar-refractivity contribution in [3.8, 4) is 0 Å². The van der Waals surface area contributed by atoms with Crippen molar-refractivity contribution in [1.29, 1.82) is 0 Å². The molecule has 1 nitrogen and oxygen atoms in total. The van der Waals surface area contributed by atoms with Gasteiger partial charge in [-0.1, -0.05) is 50.7 Å². The van der Waals surface area contributed by atoms with E-state index in [9.17, 15) is 9.18 Å². The topological polar surface area (TPSA) is 17.1 Å². The molecule has 1 aromatic carbocycles. The Hall–Kier alpha value is -1.18. The van der Waals surface area contributed by atoms with Crippen molar-refractivity contribution in [2.45, 2.75) is 51.4 Å². The van der Waals surface area contributed by atoms with Crippen LogP contribution in [0.3, 0.4) is 0 Å². The minimum Gasteiger partial charge on any atom is -0.299 e. The Labute approximate surface area is 108 Å². The fourth-order valence-corrected chi connectivity index (χ4v) is 2.84. The zero-order valence-corrected chi connectivity index (χ0v) is 10.8. The third-order valence-corrected chi connectivity index (χ3v) is 3.78. The molecule has 1 aliphatic carbocycles. The van der Waals surface area contributed by atoms with Gasteiger partial charge in [0.15, 0.2) is 0 Å². The van der Waals surface area contributed by atoms with Crippen LogP contribution >= 0.6 is 0 Å². The van der Waals surface area contributed by atoms with Crippen LogP contribution in [0.2, 0.25) is 0 Å². The number of hydrogen-bond acceptors (Lipinski definition) is 1. The smallest absolute Gasteiger partial charge is 0.137 e. The average molecular weight is 248 g/mol. The summed E-state index contributed by atoms with van der Waals surface area (Å²) in [6.07, 6.45) is 8.59. The maximum Gasteiger partial charge on any atom is 0.137 e. The van der Waals surface area contributed by atoms with E-state index in [1.807, 2.05) is 6.07 Å². The van der Waals surface area contributed by atoms with E-state index in [1.165, 1.54) is 50.7 Å². The first-order valence-electron chi connectivity index (χ1n) is 7.00. The van der Waals surface area contributed by atoms with E-state index in [0.29, 0.717) is 18.8 Å². The molecule has 1 aromatic rings. The lowest BCUT2D eigenvalue weighted by atomic mass is 9.92. The second-order valence-corrected chi connectivity index (χ2v) is 5.41. The van der Waals surface area contributed by atoms with E-state index in [0.717, 1.165) is 5.56 Å². The molecule has 0 bridgehead atoms. The van der Waals surface area contributed by atoms with Gasteiger partial charge in [0.25, 0.3) is 0 Å². The van der Waals surface area contributed by atoms with Gasteiger partial charge in [-0.25, -0.2) is 4.39 Å². The lowest BCUT2D eigenvalue weighted by molar-refractivity contribution is -0.119. The van der Waals surface area contributed by atoms with E-state index in [2.05, 4.69) is 0 Å². The zero-order chi connectivity index (χ0) is 12.8. The minimum absolute atomic E-state index is 0.255. The van der Waals surface area contributed by atoms with Gasteiger partial charge in [0, 0.05) is 12.8 Å². The summed E-state index contributed by atoms with van der Waals surface area (Å²) < 4.78 is 13.0. The summed E-state index contributed by atoms with van der Waals surface area (Å²) in [6, 6.07) is 6.38. The fraction of sp³-hybridized carbons (Fsp3) is 0.562. The predicted molar refractivity (Wildman–Crippen MR) is 70.9 cm³/mol. The van der Waals surface area contributed by atoms with E-state index < -0.39 is 0 Å². The third-order valence-electron chi connectivity index (χ3n) is 3.78. The van der Waals surface area contributed by atoms with Crippen molar-refractivity contribution in [3.05, 3.63) is 35.6 Å². The van der Waals surface area contributed by atoms with Crippen LogP contribution in [0.25, 0.3) is 0 Å². The van der Waals surface area contributed by atoms with Crippen LogP contribution in [0.1, 0.15) is 50.5 Å². The van der Waals surface area contributed by atoms with Crippen LogP contribution in [0, 0.1) is 11.7 Å². The van der Waals surface area contributed by atoms with Crippen molar-refractivity contribution >= 4 is 5.78 Å². The van der Waals surface area contributed by atoms with E-state index in [4.69, 9.17) is 0 Å². The monoisotopic (exact) mass is 248 g/mol. The first-order valence-corrected chi connectivity index (χ1v) is 7.00. The lowest BCUT2D eigenvalue weighted by Crippen LogP contribution is -2.10. The van der Waals surface area contributed by atoms with Gasteiger partial charge in [-0.3, -0.25) is 4.79 Å². The predicted octanol–water partition coefficient (Wildman–Crippen LogP) is 4.30. The molecule has 1 saturated carbocycles. The molecule has 98 valence electrons. The quantitative estimate of drug-likeness (QED) is 0.726. The Balaban J connectivity index is 1.84. The molecule has 2 heteroatoms. The highest BCUT2D eigenvalue weighted by atomic mass is 19.1. The molecule has 0 saturated heterocycles. The maximum absolute atomic E-state index is 13.0. The van der Waals surface area contributed by atoms with Crippen LogP contribution in [-0.4, -0.2) is 5.78 Å². The Morgan fingerprint density at radius 2 is 1.89 bits per heavy atom. The molecular formula is C16H21FO. The Kier molecular flexibility index (Phi) is 4.91. The molecule has 0 aromatic heterocycles. The standard InChI is InChI=1S/C16H21FO/c17-15-9-5-8-14(10-15)12-16(18)11-13-6-3-1-2-4-7-13/h5,8-10,13H,1-4,6-7,11-12H2. The molecule has 0 aliphatic heterocycles. The van der Waals surface area contributed by atoms with Gasteiger partial charge in [0.2, 0.25) is 0 Å². The number of halogens is 1. The van der Waals surface area contributed by atoms with Crippen molar-refractivity contribution in [2.75, 3.05) is 0 Å². The molecule has 0 radical (unpaired) electrons. The summed E-state index contributed by atoms with van der Waals surface area (Å²) in [5, 5.41) is 0. The number of carbonyl (C=O) groups excluding carboxylic acids is 1. The first-order chi connectivity index (χ1) is 8.74. The number of ketones is 1. The summed E-state index contributed by atoms with van der Waals surface area (Å²) in [7, 11) is 0. The first kappa shape index (κ1) is 13.3. The van der Waals surface area contributed by atoms with Gasteiger partial charge in [0.1, 0.15) is 11.6 Å². The number of rotatable bonds is 4. The second-order valence-electron chi connectivity index (χ2n) is 5.41. The average Bonchev–Trinajstić information content (AvgIpc) is 2.57.